The van der Waals surface area contributed by atoms with Gasteiger partial charge in [-0.2, -0.15) is 47.9 Å². The molecule has 1 saturated heterocycles. The molecular weight excluding hydrogens is 439 g/mol. The molecule has 4 nitrogen and oxygen atoms in total. The Bertz CT molecular complexity index is 540. The highest BCUT2D eigenvalue weighted by Crippen LogP contribution is 2.39. The van der Waals surface area contributed by atoms with Gasteiger partial charge in [-0.15, -0.1) is 0 Å². The summed E-state index contributed by atoms with van der Waals surface area (Å²) >= 11 is 0. The number of hydrogen-bond donors (Lipinski definition) is 0. The van der Waals surface area contributed by atoms with Crippen molar-refractivity contribution in [1.29, 1.82) is 0 Å². The second-order valence-electron chi connectivity index (χ2n) is 6.28. The fraction of sp³-hybridized carbons (Fsp3) is 1.00. The first kappa shape index (κ1) is 24.5. The number of hydrogen-bond acceptors (Lipinski definition) is 4. The zero-order valence-electron chi connectivity index (χ0n) is 13.7. The van der Waals surface area contributed by atoms with Crippen molar-refractivity contribution in [3.8, 4) is 0 Å². The predicted octanol–water partition coefficient (Wildman–Crippen LogP) is 4.53. The lowest BCUT2D eigenvalue weighted by atomic mass is 10.4. The molecule has 27 heavy (non-hydrogen) atoms. The van der Waals surface area contributed by atoms with Crippen molar-refractivity contribution in [2.75, 3.05) is 12.4 Å². The van der Waals surface area contributed by atoms with E-state index in [1.165, 1.54) is 0 Å². The molecule has 0 bridgehead atoms. The zero-order valence-corrected chi connectivity index (χ0v) is 15.5. The van der Waals surface area contributed by atoms with Gasteiger partial charge in [0.05, 0.1) is 12.7 Å². The van der Waals surface area contributed by atoms with E-state index in [1.54, 1.807) is 0 Å². The molecule has 0 radical (unpaired) electrons. The van der Waals surface area contributed by atoms with Crippen molar-refractivity contribution in [3.05, 3.63) is 0 Å². The molecule has 0 saturated carbocycles. The molecule has 0 aromatic carbocycles. The van der Waals surface area contributed by atoms with Gasteiger partial charge in [0.1, 0.15) is 5.75 Å². The summed E-state index contributed by atoms with van der Waals surface area (Å²) in [7, 11) is -8.32. The van der Waals surface area contributed by atoms with Crippen LogP contribution >= 0.6 is 0 Å². The molecule has 0 spiro atoms. The van der Waals surface area contributed by atoms with Gasteiger partial charge in [-0.25, -0.2) is 0 Å². The minimum absolute atomic E-state index is 0.652. The molecule has 1 heterocycles. The van der Waals surface area contributed by atoms with Crippen molar-refractivity contribution in [3.63, 3.8) is 0 Å². The zero-order chi connectivity index (χ0) is 21.1. The van der Waals surface area contributed by atoms with E-state index in [0.29, 0.717) is 0 Å². The van der Waals surface area contributed by atoms with E-state index in [0.717, 1.165) is 0 Å². The fourth-order valence-electron chi connectivity index (χ4n) is 2.59. The maximum atomic E-state index is 12.6. The van der Waals surface area contributed by atoms with E-state index in [9.17, 15) is 47.9 Å². The van der Waals surface area contributed by atoms with E-state index in [-0.39, 0.29) is 0 Å². The van der Waals surface area contributed by atoms with Crippen molar-refractivity contribution >= 4 is 18.4 Å². The Morgan fingerprint density at radius 2 is 1.19 bits per heavy atom. The van der Waals surface area contributed by atoms with Gasteiger partial charge >= 0.3 is 18.5 Å². The van der Waals surface area contributed by atoms with E-state index in [1.807, 2.05) is 0 Å². The molecule has 1 unspecified atom stereocenters. The van der Waals surface area contributed by atoms with Gasteiger partial charge in [0, 0.05) is 19.3 Å². The standard InChI is InChI=1S/C12H17F9O4SSi/c13-10(14,15)1-4-27(5-2-11(16,17)18,6-3-12(19,20)21)25-9-7-24-26(22,23)8-9/h9H,1-8H2. The summed E-state index contributed by atoms with van der Waals surface area (Å²) < 4.78 is 145. The Balaban J connectivity index is 3.06. The highest BCUT2D eigenvalue weighted by atomic mass is 32.2. The van der Waals surface area contributed by atoms with Crippen LogP contribution in [0.1, 0.15) is 19.3 Å². The third-order valence-electron chi connectivity index (χ3n) is 3.83. The quantitative estimate of drug-likeness (QED) is 0.306. The topological polar surface area (TPSA) is 52.6 Å². The van der Waals surface area contributed by atoms with E-state index >= 15 is 0 Å². The van der Waals surface area contributed by atoms with E-state index in [2.05, 4.69) is 4.18 Å². The van der Waals surface area contributed by atoms with Gasteiger partial charge in [0.15, 0.2) is 8.32 Å². The lowest BCUT2D eigenvalue weighted by Crippen LogP contribution is -2.45. The average Bonchev–Trinajstić information content (AvgIpc) is 2.77. The lowest BCUT2D eigenvalue weighted by molar-refractivity contribution is -0.134. The second-order valence-corrected chi connectivity index (χ2v) is 12.1. The SMILES string of the molecule is O=S1(=O)CC(O[Si](CCC(F)(F)F)(CCC(F)(F)F)CCC(F)(F)F)CO1. The Morgan fingerprint density at radius 3 is 1.44 bits per heavy atom. The Labute approximate surface area is 150 Å². The molecule has 1 rings (SSSR count). The lowest BCUT2D eigenvalue weighted by Gasteiger charge is -2.34. The van der Waals surface area contributed by atoms with Crippen LogP contribution in [0.3, 0.4) is 0 Å². The molecule has 1 atom stereocenters. The molecule has 0 aromatic rings. The smallest absolute Gasteiger partial charge is 0.388 e. The van der Waals surface area contributed by atoms with Gasteiger partial charge in [-0.3, -0.25) is 4.18 Å². The Kier molecular flexibility index (Phi) is 7.66. The highest BCUT2D eigenvalue weighted by molar-refractivity contribution is 7.87. The Hall–Kier alpha value is -0.543. The molecule has 0 aromatic heterocycles. The molecule has 15 heteroatoms. The number of alkyl halides is 9. The average molecular weight is 456 g/mol. The summed E-state index contributed by atoms with van der Waals surface area (Å²) in [5, 5.41) is 0. The second kappa shape index (κ2) is 8.45. The number of halogens is 9. The summed E-state index contributed by atoms with van der Waals surface area (Å²) in [6, 6.07) is -3.09. The van der Waals surface area contributed by atoms with Crippen LogP contribution in [0.5, 0.6) is 0 Å². The molecule has 1 aliphatic heterocycles. The van der Waals surface area contributed by atoms with Crippen molar-refractivity contribution < 1.29 is 56.5 Å². The molecule has 0 aliphatic carbocycles. The van der Waals surface area contributed by atoms with Gasteiger partial charge in [-0.05, 0) is 18.1 Å². The third kappa shape index (κ3) is 10.5. The molecular formula is C12H17F9O4SSi. The molecule has 162 valence electrons. The fourth-order valence-corrected chi connectivity index (χ4v) is 7.96. The molecule has 1 fully saturated rings. The van der Waals surface area contributed by atoms with Crippen LogP contribution in [-0.4, -0.2) is 53.7 Å². The Morgan fingerprint density at radius 1 is 0.815 bits per heavy atom. The van der Waals surface area contributed by atoms with E-state index in [4.69, 9.17) is 4.43 Å². The van der Waals surface area contributed by atoms with Crippen LogP contribution in [0.25, 0.3) is 0 Å². The van der Waals surface area contributed by atoms with Gasteiger partial charge in [0.25, 0.3) is 10.1 Å². The van der Waals surface area contributed by atoms with Crippen molar-refractivity contribution in [2.24, 2.45) is 0 Å². The first-order valence-corrected chi connectivity index (χ1v) is 11.8. The van der Waals surface area contributed by atoms with Gasteiger partial charge in [-0.1, -0.05) is 0 Å². The van der Waals surface area contributed by atoms with E-state index < -0.39 is 92.8 Å². The third-order valence-corrected chi connectivity index (χ3v) is 9.42. The largest absolute Gasteiger partial charge is 0.410 e. The van der Waals surface area contributed by atoms with Crippen LogP contribution in [0.2, 0.25) is 18.1 Å². The molecule has 0 amide bonds. The summed E-state index contributed by atoms with van der Waals surface area (Å²) in [4.78, 5) is 0. The monoisotopic (exact) mass is 456 g/mol. The van der Waals surface area contributed by atoms with Crippen LogP contribution in [-0.2, 0) is 18.7 Å². The minimum Gasteiger partial charge on any atom is -0.410 e. The van der Waals surface area contributed by atoms with Gasteiger partial charge < -0.3 is 4.43 Å². The number of rotatable bonds is 8. The van der Waals surface area contributed by atoms with Crippen LogP contribution in [0, 0.1) is 0 Å². The summed E-state index contributed by atoms with van der Waals surface area (Å²) in [5.41, 5.74) is 0. The van der Waals surface area contributed by atoms with Crippen LogP contribution in [0.4, 0.5) is 39.5 Å². The maximum absolute atomic E-state index is 12.6. The first-order chi connectivity index (χ1) is 11.9. The van der Waals surface area contributed by atoms with Gasteiger partial charge in [0.2, 0.25) is 0 Å². The van der Waals surface area contributed by atoms with Crippen LogP contribution in [0.15, 0.2) is 0 Å². The van der Waals surface area contributed by atoms with Crippen molar-refractivity contribution in [2.45, 2.75) is 62.0 Å². The van der Waals surface area contributed by atoms with Crippen LogP contribution < -0.4 is 0 Å². The predicted molar refractivity (Wildman–Crippen MR) is 76.8 cm³/mol. The maximum Gasteiger partial charge on any atom is 0.388 e. The first-order valence-electron chi connectivity index (χ1n) is 7.66. The normalized spacial score (nSPS) is 21.6. The molecule has 1 aliphatic rings. The minimum atomic E-state index is -4.81. The van der Waals surface area contributed by atoms with Crippen molar-refractivity contribution in [1.82, 2.24) is 0 Å². The molecule has 0 N–H and O–H groups in total. The summed E-state index contributed by atoms with van der Waals surface area (Å²) in [6.07, 6.45) is -20.7. The summed E-state index contributed by atoms with van der Waals surface area (Å²) in [5.74, 6) is -0.828. The summed E-state index contributed by atoms with van der Waals surface area (Å²) in [6.45, 7) is -0.652. The highest BCUT2D eigenvalue weighted by Gasteiger charge is 2.47.